The van der Waals surface area contributed by atoms with Crippen LogP contribution in [0.25, 0.3) is 0 Å². The maximum Gasteiger partial charge on any atom is 0.261 e. The minimum absolute atomic E-state index is 0.142. The normalized spacial score (nSPS) is 11.5. The maximum absolute atomic E-state index is 13.4. The van der Waals surface area contributed by atoms with E-state index < -0.39 is 6.04 Å². The van der Waals surface area contributed by atoms with Crippen LogP contribution >= 0.6 is 15.9 Å². The van der Waals surface area contributed by atoms with Crippen LogP contribution in [0, 0.1) is 5.82 Å². The summed E-state index contributed by atoms with van der Waals surface area (Å²) < 4.78 is 20.0. The molecule has 2 amide bonds. The van der Waals surface area contributed by atoms with Gasteiger partial charge in [0.1, 0.15) is 17.6 Å². The first kappa shape index (κ1) is 25.4. The van der Waals surface area contributed by atoms with E-state index in [0.717, 1.165) is 22.0 Å². The second kappa shape index (κ2) is 12.3. The average Bonchev–Trinajstić information content (AvgIpc) is 2.86. The molecule has 0 saturated heterocycles. The lowest BCUT2D eigenvalue weighted by molar-refractivity contribution is -0.142. The lowest BCUT2D eigenvalue weighted by Gasteiger charge is -2.31. The zero-order chi connectivity index (χ0) is 24.5. The van der Waals surface area contributed by atoms with Gasteiger partial charge in [-0.2, -0.15) is 0 Å². The number of benzene rings is 3. The number of hydrogen-bond donors (Lipinski definition) is 1. The van der Waals surface area contributed by atoms with Crippen molar-refractivity contribution in [1.82, 2.24) is 10.2 Å². The zero-order valence-electron chi connectivity index (χ0n) is 19.3. The molecule has 0 aromatic heterocycles. The van der Waals surface area contributed by atoms with Gasteiger partial charge in [-0.1, -0.05) is 55.5 Å². The van der Waals surface area contributed by atoms with Gasteiger partial charge in [0.15, 0.2) is 6.61 Å². The number of rotatable bonds is 10. The second-order valence-electron chi connectivity index (χ2n) is 7.87. The largest absolute Gasteiger partial charge is 0.483 e. The van der Waals surface area contributed by atoms with Gasteiger partial charge in [0.2, 0.25) is 5.91 Å². The van der Waals surface area contributed by atoms with Gasteiger partial charge in [0, 0.05) is 20.0 Å². The number of nitrogens with zero attached hydrogens (tertiary/aromatic N) is 1. The first-order valence-electron chi connectivity index (χ1n) is 11.1. The molecule has 0 radical (unpaired) electrons. The third-order valence-electron chi connectivity index (χ3n) is 5.54. The standard InChI is InChI=1S/C27H28BrFN2O3/c1-3-19-11-14-25(23(28)15-19)34-18-26(32)31(17-21-9-12-22(29)13-10-21)24(27(33)30-2)16-20-7-5-4-6-8-20/h4-15,24H,3,16-18H2,1-2H3,(H,30,33)/t24-/m0/s1. The SMILES string of the molecule is CCc1ccc(OCC(=O)N(Cc2ccc(F)cc2)[C@@H](Cc2ccccc2)C(=O)NC)c(Br)c1. The minimum Gasteiger partial charge on any atom is -0.483 e. The fourth-order valence-corrected chi connectivity index (χ4v) is 4.15. The van der Waals surface area contributed by atoms with Crippen LogP contribution in [0.4, 0.5) is 4.39 Å². The molecule has 1 atom stereocenters. The Morgan fingerprint density at radius 1 is 1.00 bits per heavy atom. The monoisotopic (exact) mass is 526 g/mol. The van der Waals surface area contributed by atoms with Crippen LogP contribution in [0.3, 0.4) is 0 Å². The fraction of sp³-hybridized carbons (Fsp3) is 0.259. The topological polar surface area (TPSA) is 58.6 Å². The summed E-state index contributed by atoms with van der Waals surface area (Å²) in [6.45, 7) is 1.96. The molecule has 0 unspecified atom stereocenters. The summed E-state index contributed by atoms with van der Waals surface area (Å²) in [5.41, 5.74) is 2.78. The lowest BCUT2D eigenvalue weighted by atomic mass is 10.0. The van der Waals surface area contributed by atoms with E-state index >= 15 is 0 Å². The van der Waals surface area contributed by atoms with Crippen molar-refractivity contribution in [3.63, 3.8) is 0 Å². The van der Waals surface area contributed by atoms with Crippen molar-refractivity contribution in [2.24, 2.45) is 0 Å². The van der Waals surface area contributed by atoms with Crippen molar-refractivity contribution in [1.29, 1.82) is 0 Å². The van der Waals surface area contributed by atoms with Crippen LogP contribution in [0.2, 0.25) is 0 Å². The molecular formula is C27H28BrFN2O3. The summed E-state index contributed by atoms with van der Waals surface area (Å²) in [6, 6.07) is 20.4. The van der Waals surface area contributed by atoms with E-state index in [4.69, 9.17) is 4.74 Å². The molecule has 0 spiro atoms. The van der Waals surface area contributed by atoms with Crippen LogP contribution < -0.4 is 10.1 Å². The van der Waals surface area contributed by atoms with Gasteiger partial charge in [-0.05, 0) is 63.3 Å². The molecular weight excluding hydrogens is 499 g/mol. The van der Waals surface area contributed by atoms with Crippen molar-refractivity contribution in [3.05, 3.63) is 99.8 Å². The molecule has 178 valence electrons. The highest BCUT2D eigenvalue weighted by Crippen LogP contribution is 2.26. The number of carbonyl (C=O) groups excluding carboxylic acids is 2. The molecule has 7 heteroatoms. The predicted octanol–water partition coefficient (Wildman–Crippen LogP) is 4.92. The highest BCUT2D eigenvalue weighted by Gasteiger charge is 2.30. The van der Waals surface area contributed by atoms with Crippen molar-refractivity contribution >= 4 is 27.7 Å². The van der Waals surface area contributed by atoms with Crippen molar-refractivity contribution < 1.29 is 18.7 Å². The van der Waals surface area contributed by atoms with Gasteiger partial charge in [0.05, 0.1) is 4.47 Å². The van der Waals surface area contributed by atoms with Gasteiger partial charge in [0.25, 0.3) is 5.91 Å². The Labute approximate surface area is 208 Å². The molecule has 0 fully saturated rings. The molecule has 0 aliphatic carbocycles. The first-order chi connectivity index (χ1) is 16.4. The molecule has 3 rings (SSSR count). The maximum atomic E-state index is 13.4. The molecule has 0 bridgehead atoms. The molecule has 3 aromatic rings. The van der Waals surface area contributed by atoms with Crippen LogP contribution in [0.1, 0.15) is 23.6 Å². The highest BCUT2D eigenvalue weighted by atomic mass is 79.9. The summed E-state index contributed by atoms with van der Waals surface area (Å²) in [6.07, 6.45) is 1.22. The quantitative estimate of drug-likeness (QED) is 0.408. The van der Waals surface area contributed by atoms with Crippen LogP contribution in [0.5, 0.6) is 5.75 Å². The average molecular weight is 527 g/mol. The highest BCUT2D eigenvalue weighted by molar-refractivity contribution is 9.10. The Bertz CT molecular complexity index is 1110. The summed E-state index contributed by atoms with van der Waals surface area (Å²) in [5.74, 6) is -0.447. The zero-order valence-corrected chi connectivity index (χ0v) is 20.8. The Balaban J connectivity index is 1.86. The summed E-state index contributed by atoms with van der Waals surface area (Å²) in [4.78, 5) is 27.8. The number of carbonyl (C=O) groups is 2. The van der Waals surface area contributed by atoms with Gasteiger partial charge < -0.3 is 15.0 Å². The smallest absolute Gasteiger partial charge is 0.261 e. The van der Waals surface area contributed by atoms with E-state index in [1.165, 1.54) is 17.0 Å². The number of ether oxygens (including phenoxy) is 1. The molecule has 3 aromatic carbocycles. The summed E-state index contributed by atoms with van der Waals surface area (Å²) in [5, 5.41) is 2.67. The predicted molar refractivity (Wildman–Crippen MR) is 134 cm³/mol. The number of hydrogen-bond acceptors (Lipinski definition) is 3. The number of likely N-dealkylation sites (N-methyl/N-ethyl adjacent to an activating group) is 1. The molecule has 0 aliphatic rings. The van der Waals surface area contributed by atoms with Crippen molar-refractivity contribution in [2.45, 2.75) is 32.4 Å². The van der Waals surface area contributed by atoms with Crippen LogP contribution in [-0.4, -0.2) is 36.4 Å². The van der Waals surface area contributed by atoms with Gasteiger partial charge in [-0.25, -0.2) is 4.39 Å². The van der Waals surface area contributed by atoms with E-state index in [2.05, 4.69) is 28.2 Å². The molecule has 0 saturated carbocycles. The molecule has 0 aliphatic heterocycles. The Morgan fingerprint density at radius 3 is 2.29 bits per heavy atom. The molecule has 1 N–H and O–H groups in total. The number of aryl methyl sites for hydroxylation is 1. The molecule has 34 heavy (non-hydrogen) atoms. The van der Waals surface area contributed by atoms with Crippen LogP contribution in [0.15, 0.2) is 77.3 Å². The second-order valence-corrected chi connectivity index (χ2v) is 8.73. The molecule has 0 heterocycles. The lowest BCUT2D eigenvalue weighted by Crippen LogP contribution is -2.51. The van der Waals surface area contributed by atoms with Crippen molar-refractivity contribution in [3.8, 4) is 5.75 Å². The van der Waals surface area contributed by atoms with Gasteiger partial charge >= 0.3 is 0 Å². The fourth-order valence-electron chi connectivity index (χ4n) is 3.61. The summed E-state index contributed by atoms with van der Waals surface area (Å²) >= 11 is 3.49. The minimum atomic E-state index is -0.764. The third kappa shape index (κ3) is 6.90. The Morgan fingerprint density at radius 2 is 1.68 bits per heavy atom. The van der Waals surface area contributed by atoms with E-state index in [-0.39, 0.29) is 30.8 Å². The van der Waals surface area contributed by atoms with E-state index in [0.29, 0.717) is 17.7 Å². The van der Waals surface area contributed by atoms with Crippen molar-refractivity contribution in [2.75, 3.05) is 13.7 Å². The van der Waals surface area contributed by atoms with Crippen LogP contribution in [-0.2, 0) is 29.0 Å². The Kier molecular flexibility index (Phi) is 9.22. The Hall–Kier alpha value is -3.19. The third-order valence-corrected chi connectivity index (χ3v) is 6.16. The van der Waals surface area contributed by atoms with E-state index in [1.54, 1.807) is 19.2 Å². The number of halogens is 2. The van der Waals surface area contributed by atoms with Gasteiger partial charge in [-0.3, -0.25) is 9.59 Å². The van der Waals surface area contributed by atoms with E-state index in [1.807, 2.05) is 48.5 Å². The summed E-state index contributed by atoms with van der Waals surface area (Å²) in [7, 11) is 1.55. The van der Waals surface area contributed by atoms with E-state index in [9.17, 15) is 14.0 Å². The van der Waals surface area contributed by atoms with Gasteiger partial charge in [-0.15, -0.1) is 0 Å². The number of amides is 2. The molecule has 5 nitrogen and oxygen atoms in total. The first-order valence-corrected chi connectivity index (χ1v) is 11.9. The number of nitrogens with one attached hydrogen (secondary N) is 1.